The summed E-state index contributed by atoms with van der Waals surface area (Å²) in [6.07, 6.45) is 2.07. The molecule has 0 aliphatic carbocycles. The summed E-state index contributed by atoms with van der Waals surface area (Å²) in [7, 11) is 0. The predicted octanol–water partition coefficient (Wildman–Crippen LogP) is 4.66. The highest BCUT2D eigenvalue weighted by molar-refractivity contribution is 7.18. The normalized spacial score (nSPS) is 11.0. The molecule has 0 radical (unpaired) electrons. The number of carboxylic acids is 1. The molecule has 0 aliphatic heterocycles. The van der Waals surface area contributed by atoms with Gasteiger partial charge in [0.2, 0.25) is 0 Å². The third kappa shape index (κ3) is 2.82. The van der Waals surface area contributed by atoms with Gasteiger partial charge in [0.05, 0.1) is 5.56 Å². The molecule has 0 saturated carbocycles. The Labute approximate surface area is 136 Å². The monoisotopic (exact) mass is 332 g/mol. The number of benzene rings is 1. The van der Waals surface area contributed by atoms with Crippen molar-refractivity contribution in [2.24, 2.45) is 0 Å². The van der Waals surface area contributed by atoms with Gasteiger partial charge in [-0.25, -0.2) is 14.8 Å². The minimum Gasteiger partial charge on any atom is -0.478 e. The van der Waals surface area contributed by atoms with E-state index in [1.54, 1.807) is 23.5 Å². The maximum Gasteiger partial charge on any atom is 0.335 e. The first-order valence-corrected chi connectivity index (χ1v) is 8.07. The van der Waals surface area contributed by atoms with Crippen LogP contribution in [0.3, 0.4) is 0 Å². The zero-order chi connectivity index (χ0) is 15.7. The number of aryl methyl sites for hydroxylation is 1. The number of thiophene rings is 1. The Morgan fingerprint density at radius 2 is 2.00 bits per heavy atom. The van der Waals surface area contributed by atoms with Crippen molar-refractivity contribution >= 4 is 39.1 Å². The molecule has 6 heteroatoms. The van der Waals surface area contributed by atoms with E-state index in [0.717, 1.165) is 28.6 Å². The van der Waals surface area contributed by atoms with Crippen LogP contribution in [-0.4, -0.2) is 21.0 Å². The van der Waals surface area contributed by atoms with Gasteiger partial charge in [0.15, 0.2) is 5.82 Å². The van der Waals surface area contributed by atoms with Gasteiger partial charge in [-0.05, 0) is 24.6 Å². The molecule has 4 nitrogen and oxygen atoms in total. The van der Waals surface area contributed by atoms with Crippen LogP contribution in [0.1, 0.15) is 28.6 Å². The van der Waals surface area contributed by atoms with Gasteiger partial charge in [-0.1, -0.05) is 37.1 Å². The summed E-state index contributed by atoms with van der Waals surface area (Å²) in [5.41, 5.74) is 0.983. The van der Waals surface area contributed by atoms with Gasteiger partial charge in [-0.15, -0.1) is 11.3 Å². The quantitative estimate of drug-likeness (QED) is 0.705. The highest BCUT2D eigenvalue weighted by Crippen LogP contribution is 2.31. The van der Waals surface area contributed by atoms with Crippen molar-refractivity contribution in [1.82, 2.24) is 9.97 Å². The van der Waals surface area contributed by atoms with E-state index in [-0.39, 0.29) is 5.56 Å². The number of aromatic carboxylic acids is 1. The van der Waals surface area contributed by atoms with Gasteiger partial charge in [0, 0.05) is 15.8 Å². The first kappa shape index (κ1) is 14.9. The maximum absolute atomic E-state index is 10.9. The van der Waals surface area contributed by atoms with Crippen LogP contribution in [0.2, 0.25) is 5.15 Å². The molecule has 0 spiro atoms. The van der Waals surface area contributed by atoms with Crippen molar-refractivity contribution in [3.05, 3.63) is 45.9 Å². The lowest BCUT2D eigenvalue weighted by atomic mass is 10.1. The van der Waals surface area contributed by atoms with Gasteiger partial charge in [-0.2, -0.15) is 0 Å². The third-order valence-corrected chi connectivity index (χ3v) is 4.66. The van der Waals surface area contributed by atoms with Crippen LogP contribution in [0.15, 0.2) is 30.3 Å². The molecule has 0 amide bonds. The second-order valence-corrected chi connectivity index (χ2v) is 6.38. The highest BCUT2D eigenvalue weighted by Gasteiger charge is 2.12. The number of rotatable bonds is 4. The topological polar surface area (TPSA) is 63.1 Å². The van der Waals surface area contributed by atoms with Crippen LogP contribution in [-0.2, 0) is 6.42 Å². The van der Waals surface area contributed by atoms with Gasteiger partial charge < -0.3 is 5.11 Å². The molecule has 112 valence electrons. The number of nitrogens with zero attached hydrogens (tertiary/aromatic N) is 2. The maximum atomic E-state index is 10.9. The fourth-order valence-corrected chi connectivity index (χ4v) is 3.61. The molecule has 0 unspecified atom stereocenters. The van der Waals surface area contributed by atoms with E-state index in [4.69, 9.17) is 16.7 Å². The average Bonchev–Trinajstić information content (AvgIpc) is 2.91. The largest absolute Gasteiger partial charge is 0.478 e. The standard InChI is InChI=1S/C16H13ClN2O2S/c1-2-3-11-8-12-13(17)18-14(19-15(12)22-11)9-4-6-10(7-5-9)16(20)21/h4-8H,2-3H2,1H3,(H,20,21). The molecular formula is C16H13ClN2O2S. The molecule has 3 rings (SSSR count). The zero-order valence-electron chi connectivity index (χ0n) is 11.8. The van der Waals surface area contributed by atoms with Crippen molar-refractivity contribution < 1.29 is 9.90 Å². The molecule has 2 heterocycles. The Balaban J connectivity index is 2.05. The Hall–Kier alpha value is -1.98. The molecule has 1 aromatic carbocycles. The third-order valence-electron chi connectivity index (χ3n) is 3.28. The molecular weight excluding hydrogens is 320 g/mol. The van der Waals surface area contributed by atoms with Crippen LogP contribution in [0.4, 0.5) is 0 Å². The van der Waals surface area contributed by atoms with Crippen molar-refractivity contribution in [1.29, 1.82) is 0 Å². The second-order valence-electron chi connectivity index (χ2n) is 4.90. The first-order valence-electron chi connectivity index (χ1n) is 6.88. The number of carboxylic acid groups (broad SMARTS) is 1. The molecule has 1 N–H and O–H groups in total. The Kier molecular flexibility index (Phi) is 4.09. The lowest BCUT2D eigenvalue weighted by Gasteiger charge is -2.02. The molecule has 22 heavy (non-hydrogen) atoms. The van der Waals surface area contributed by atoms with Crippen LogP contribution < -0.4 is 0 Å². The number of hydrogen-bond donors (Lipinski definition) is 1. The molecule has 0 bridgehead atoms. The zero-order valence-corrected chi connectivity index (χ0v) is 13.4. The molecule has 3 aromatic rings. The van der Waals surface area contributed by atoms with Gasteiger partial charge in [0.25, 0.3) is 0 Å². The highest BCUT2D eigenvalue weighted by atomic mass is 35.5. The van der Waals surface area contributed by atoms with Crippen molar-refractivity contribution in [3.8, 4) is 11.4 Å². The van der Waals surface area contributed by atoms with Crippen LogP contribution >= 0.6 is 22.9 Å². The van der Waals surface area contributed by atoms with E-state index in [1.807, 2.05) is 6.07 Å². The van der Waals surface area contributed by atoms with Crippen molar-refractivity contribution in [2.45, 2.75) is 19.8 Å². The molecule has 0 fully saturated rings. The lowest BCUT2D eigenvalue weighted by molar-refractivity contribution is 0.0697. The van der Waals surface area contributed by atoms with E-state index < -0.39 is 5.97 Å². The second kappa shape index (κ2) is 6.02. The summed E-state index contributed by atoms with van der Waals surface area (Å²) < 4.78 is 0. The summed E-state index contributed by atoms with van der Waals surface area (Å²) >= 11 is 7.89. The van der Waals surface area contributed by atoms with E-state index in [2.05, 4.69) is 16.9 Å². The Morgan fingerprint density at radius 3 is 2.64 bits per heavy atom. The Morgan fingerprint density at radius 1 is 1.27 bits per heavy atom. The van der Waals surface area contributed by atoms with Crippen molar-refractivity contribution in [2.75, 3.05) is 0 Å². The molecule has 0 saturated heterocycles. The fraction of sp³-hybridized carbons (Fsp3) is 0.188. The summed E-state index contributed by atoms with van der Waals surface area (Å²) in [6, 6.07) is 8.51. The molecule has 0 aliphatic rings. The molecule has 2 aromatic heterocycles. The van der Waals surface area contributed by atoms with E-state index in [0.29, 0.717) is 11.0 Å². The van der Waals surface area contributed by atoms with Gasteiger partial charge in [0.1, 0.15) is 9.98 Å². The van der Waals surface area contributed by atoms with Crippen LogP contribution in [0.25, 0.3) is 21.6 Å². The molecule has 0 atom stereocenters. The summed E-state index contributed by atoms with van der Waals surface area (Å²) in [4.78, 5) is 21.9. The number of fused-ring (bicyclic) bond motifs is 1. The van der Waals surface area contributed by atoms with E-state index in [9.17, 15) is 4.79 Å². The summed E-state index contributed by atoms with van der Waals surface area (Å²) in [5.74, 6) is -0.442. The van der Waals surface area contributed by atoms with Crippen molar-refractivity contribution in [3.63, 3.8) is 0 Å². The first-order chi connectivity index (χ1) is 10.6. The smallest absolute Gasteiger partial charge is 0.335 e. The van der Waals surface area contributed by atoms with Crippen LogP contribution in [0.5, 0.6) is 0 Å². The number of halogens is 1. The average molecular weight is 333 g/mol. The van der Waals surface area contributed by atoms with Gasteiger partial charge in [-0.3, -0.25) is 0 Å². The Bertz CT molecular complexity index is 843. The van der Waals surface area contributed by atoms with E-state index >= 15 is 0 Å². The number of carbonyl (C=O) groups is 1. The fourth-order valence-electron chi connectivity index (χ4n) is 2.20. The minimum absolute atomic E-state index is 0.234. The van der Waals surface area contributed by atoms with Crippen LogP contribution in [0, 0.1) is 0 Å². The minimum atomic E-state index is -0.955. The SMILES string of the molecule is CCCc1cc2c(Cl)nc(-c3ccc(C(=O)O)cc3)nc2s1. The van der Waals surface area contributed by atoms with E-state index in [1.165, 1.54) is 17.0 Å². The summed E-state index contributed by atoms with van der Waals surface area (Å²) in [5, 5.41) is 10.2. The number of hydrogen-bond acceptors (Lipinski definition) is 4. The number of aromatic nitrogens is 2. The van der Waals surface area contributed by atoms with Gasteiger partial charge >= 0.3 is 5.97 Å². The lowest BCUT2D eigenvalue weighted by Crippen LogP contribution is -1.96. The summed E-state index contributed by atoms with van der Waals surface area (Å²) in [6.45, 7) is 2.13. The predicted molar refractivity (Wildman–Crippen MR) is 88.8 cm³/mol.